The molecule has 0 spiro atoms. The summed E-state index contributed by atoms with van der Waals surface area (Å²) in [5, 5.41) is 22.7. The molecular weight excluding hydrogens is 274 g/mol. The Bertz CT molecular complexity index is 496. The lowest BCUT2D eigenvalue weighted by Crippen LogP contribution is -2.24. The Morgan fingerprint density at radius 2 is 2.10 bits per heavy atom. The monoisotopic (exact) mass is 295 g/mol. The van der Waals surface area contributed by atoms with Crippen molar-refractivity contribution >= 4 is 22.7 Å². The van der Waals surface area contributed by atoms with Crippen LogP contribution in [0.5, 0.6) is 0 Å². The third-order valence-electron chi connectivity index (χ3n) is 3.04. The number of thioether (sulfide) groups is 1. The van der Waals surface area contributed by atoms with Gasteiger partial charge in [-0.15, -0.1) is 0 Å². The average molecular weight is 295 g/mol. The average Bonchev–Trinajstić information content (AvgIpc) is 2.89. The van der Waals surface area contributed by atoms with Gasteiger partial charge in [0.1, 0.15) is 11.3 Å². The van der Waals surface area contributed by atoms with Crippen LogP contribution in [0.2, 0.25) is 0 Å². The first kappa shape index (κ1) is 15.4. The second-order valence-electron chi connectivity index (χ2n) is 4.67. The van der Waals surface area contributed by atoms with E-state index in [2.05, 4.69) is 18.3 Å². The Labute approximate surface area is 123 Å². The Morgan fingerprint density at radius 3 is 2.80 bits per heavy atom. The molecule has 0 bridgehead atoms. The smallest absolute Gasteiger partial charge is 0.134 e. The van der Waals surface area contributed by atoms with Gasteiger partial charge in [-0.1, -0.05) is 25.1 Å². The third kappa shape index (κ3) is 3.99. The number of hydrogen-bond acceptors (Lipinski definition) is 5. The summed E-state index contributed by atoms with van der Waals surface area (Å²) in [6.45, 7) is 2.72. The van der Waals surface area contributed by atoms with Crippen LogP contribution in [0.1, 0.15) is 18.7 Å². The molecule has 1 aromatic carbocycles. The van der Waals surface area contributed by atoms with Gasteiger partial charge in [-0.2, -0.15) is 11.8 Å². The fourth-order valence-corrected chi connectivity index (χ4v) is 3.07. The summed E-state index contributed by atoms with van der Waals surface area (Å²) in [7, 11) is 0. The molecule has 0 aliphatic heterocycles. The van der Waals surface area contributed by atoms with Crippen LogP contribution >= 0.6 is 11.8 Å². The Morgan fingerprint density at radius 1 is 1.30 bits per heavy atom. The normalized spacial score (nSPS) is 14.6. The van der Waals surface area contributed by atoms with Gasteiger partial charge >= 0.3 is 0 Å². The number of hydrogen-bond donors (Lipinski definition) is 3. The van der Waals surface area contributed by atoms with Gasteiger partial charge in [-0.05, 0) is 18.7 Å². The largest absolute Gasteiger partial charge is 0.459 e. The summed E-state index contributed by atoms with van der Waals surface area (Å²) in [6, 6.07) is 10.1. The van der Waals surface area contributed by atoms with Crippen molar-refractivity contribution in [3.63, 3.8) is 0 Å². The highest BCUT2D eigenvalue weighted by atomic mass is 32.2. The molecule has 4 nitrogen and oxygen atoms in total. The number of furan rings is 1. The van der Waals surface area contributed by atoms with Crippen LogP contribution < -0.4 is 5.32 Å². The lowest BCUT2D eigenvalue weighted by Gasteiger charge is -2.15. The van der Waals surface area contributed by atoms with E-state index in [0.717, 1.165) is 29.0 Å². The van der Waals surface area contributed by atoms with E-state index in [1.54, 1.807) is 11.8 Å². The predicted molar refractivity (Wildman–Crippen MR) is 83.0 cm³/mol. The van der Waals surface area contributed by atoms with Gasteiger partial charge in [0.25, 0.3) is 0 Å². The minimum absolute atomic E-state index is 0.114. The van der Waals surface area contributed by atoms with Gasteiger partial charge in [0, 0.05) is 16.9 Å². The highest BCUT2D eigenvalue weighted by molar-refractivity contribution is 7.99. The SMILES string of the molecule is CCNC(CSCC(O)CO)c1cc2ccccc2o1. The molecule has 5 heteroatoms. The topological polar surface area (TPSA) is 65.6 Å². The van der Waals surface area contributed by atoms with Gasteiger partial charge in [0.2, 0.25) is 0 Å². The molecular formula is C15H21NO3S. The van der Waals surface area contributed by atoms with E-state index >= 15 is 0 Å². The fourth-order valence-electron chi connectivity index (χ4n) is 2.04. The fraction of sp³-hybridized carbons (Fsp3) is 0.467. The van der Waals surface area contributed by atoms with E-state index in [0.29, 0.717) is 5.75 Å². The second-order valence-corrected chi connectivity index (χ2v) is 5.75. The zero-order valence-electron chi connectivity index (χ0n) is 11.6. The van der Waals surface area contributed by atoms with Crippen molar-refractivity contribution in [1.82, 2.24) is 5.32 Å². The number of para-hydroxylation sites is 1. The lowest BCUT2D eigenvalue weighted by atomic mass is 10.2. The summed E-state index contributed by atoms with van der Waals surface area (Å²) in [4.78, 5) is 0. The molecule has 2 atom stereocenters. The molecule has 0 fully saturated rings. The van der Waals surface area contributed by atoms with Crippen LogP contribution in [0.3, 0.4) is 0 Å². The van der Waals surface area contributed by atoms with E-state index in [4.69, 9.17) is 9.52 Å². The van der Waals surface area contributed by atoms with Gasteiger partial charge < -0.3 is 19.9 Å². The van der Waals surface area contributed by atoms with Crippen molar-refractivity contribution in [3.8, 4) is 0 Å². The minimum Gasteiger partial charge on any atom is -0.459 e. The van der Waals surface area contributed by atoms with Gasteiger partial charge in [-0.3, -0.25) is 0 Å². The Hall–Kier alpha value is -1.01. The van der Waals surface area contributed by atoms with Crippen LogP contribution in [-0.2, 0) is 0 Å². The molecule has 1 aromatic heterocycles. The maximum Gasteiger partial charge on any atom is 0.134 e. The molecule has 0 saturated heterocycles. The summed E-state index contributed by atoms with van der Waals surface area (Å²) in [5.41, 5.74) is 0.894. The number of fused-ring (bicyclic) bond motifs is 1. The van der Waals surface area contributed by atoms with Crippen LogP contribution in [0.4, 0.5) is 0 Å². The zero-order chi connectivity index (χ0) is 14.4. The second kappa shape index (κ2) is 7.69. The molecule has 2 unspecified atom stereocenters. The van der Waals surface area contributed by atoms with Crippen molar-refractivity contribution in [2.75, 3.05) is 24.7 Å². The molecule has 20 heavy (non-hydrogen) atoms. The Balaban J connectivity index is 2.03. The molecule has 0 radical (unpaired) electrons. The summed E-state index contributed by atoms with van der Waals surface area (Å²) in [5.74, 6) is 2.24. The number of nitrogens with one attached hydrogen (secondary N) is 1. The number of aliphatic hydroxyl groups is 2. The number of rotatable bonds is 8. The van der Waals surface area contributed by atoms with E-state index < -0.39 is 6.10 Å². The van der Waals surface area contributed by atoms with E-state index in [9.17, 15) is 5.11 Å². The van der Waals surface area contributed by atoms with Gasteiger partial charge in [0.15, 0.2) is 0 Å². The van der Waals surface area contributed by atoms with Crippen molar-refractivity contribution in [2.45, 2.75) is 19.1 Å². The van der Waals surface area contributed by atoms with Crippen LogP contribution in [0, 0.1) is 0 Å². The predicted octanol–water partition coefficient (Wildman–Crippen LogP) is 2.17. The van der Waals surface area contributed by atoms with Gasteiger partial charge in [0.05, 0.1) is 18.8 Å². The minimum atomic E-state index is -0.655. The van der Waals surface area contributed by atoms with E-state index in [-0.39, 0.29) is 12.6 Å². The Kier molecular flexibility index (Phi) is 5.91. The summed E-state index contributed by atoms with van der Waals surface area (Å²) >= 11 is 1.61. The quantitative estimate of drug-likeness (QED) is 0.696. The highest BCUT2D eigenvalue weighted by Crippen LogP contribution is 2.26. The molecule has 0 saturated carbocycles. The summed E-state index contributed by atoms with van der Waals surface area (Å²) in [6.07, 6.45) is -0.655. The first-order chi connectivity index (χ1) is 9.74. The van der Waals surface area contributed by atoms with Crippen molar-refractivity contribution in [2.24, 2.45) is 0 Å². The molecule has 3 N–H and O–H groups in total. The van der Waals surface area contributed by atoms with Crippen LogP contribution in [0.25, 0.3) is 11.0 Å². The molecule has 110 valence electrons. The van der Waals surface area contributed by atoms with E-state index in [1.807, 2.05) is 24.3 Å². The number of benzene rings is 1. The molecule has 0 aliphatic carbocycles. The first-order valence-corrected chi connectivity index (χ1v) is 7.98. The number of aliphatic hydroxyl groups excluding tert-OH is 2. The highest BCUT2D eigenvalue weighted by Gasteiger charge is 2.16. The summed E-state index contributed by atoms with van der Waals surface area (Å²) < 4.78 is 5.88. The molecule has 1 heterocycles. The molecule has 0 aliphatic rings. The van der Waals surface area contributed by atoms with E-state index in [1.165, 1.54) is 0 Å². The van der Waals surface area contributed by atoms with Crippen molar-refractivity contribution in [3.05, 3.63) is 36.1 Å². The van der Waals surface area contributed by atoms with Crippen molar-refractivity contribution in [1.29, 1.82) is 0 Å². The maximum absolute atomic E-state index is 9.37. The maximum atomic E-state index is 9.37. The zero-order valence-corrected chi connectivity index (χ0v) is 12.4. The standard InChI is InChI=1S/C15H21NO3S/c1-2-16-13(10-20-9-12(18)8-17)15-7-11-5-3-4-6-14(11)19-15/h3-7,12-13,16-18H,2,8-10H2,1H3. The van der Waals surface area contributed by atoms with Crippen molar-refractivity contribution < 1.29 is 14.6 Å². The van der Waals surface area contributed by atoms with Crippen LogP contribution in [0.15, 0.2) is 34.7 Å². The molecule has 0 amide bonds. The lowest BCUT2D eigenvalue weighted by molar-refractivity contribution is 0.113. The molecule has 2 rings (SSSR count). The van der Waals surface area contributed by atoms with Gasteiger partial charge in [-0.25, -0.2) is 0 Å². The van der Waals surface area contributed by atoms with Crippen LogP contribution in [-0.4, -0.2) is 41.0 Å². The third-order valence-corrected chi connectivity index (χ3v) is 4.23. The first-order valence-electron chi connectivity index (χ1n) is 6.83. The molecule has 2 aromatic rings.